The van der Waals surface area contributed by atoms with E-state index < -0.39 is 5.97 Å². The first-order valence-electron chi connectivity index (χ1n) is 7.22. The minimum Gasteiger partial charge on any atom is -0.463 e. The molecule has 6 nitrogen and oxygen atoms in total. The van der Waals surface area contributed by atoms with Crippen molar-refractivity contribution in [3.63, 3.8) is 0 Å². The van der Waals surface area contributed by atoms with Crippen LogP contribution >= 0.6 is 11.8 Å². The highest BCUT2D eigenvalue weighted by Crippen LogP contribution is 2.28. The van der Waals surface area contributed by atoms with E-state index in [-0.39, 0.29) is 30.7 Å². The van der Waals surface area contributed by atoms with Gasteiger partial charge >= 0.3 is 5.97 Å². The van der Waals surface area contributed by atoms with Crippen molar-refractivity contribution in [3.05, 3.63) is 47.0 Å². The first-order valence-corrected chi connectivity index (χ1v) is 8.21. The average molecular weight is 334 g/mol. The molecular formula is C16H18N2O4S. The van der Waals surface area contributed by atoms with Gasteiger partial charge in [-0.05, 0) is 12.5 Å². The fourth-order valence-corrected chi connectivity index (χ4v) is 2.91. The van der Waals surface area contributed by atoms with Crippen LogP contribution < -0.4 is 5.32 Å². The number of esters is 1. The number of carbonyl (C=O) groups excluding carboxylic acids is 3. The second kappa shape index (κ2) is 8.38. The van der Waals surface area contributed by atoms with Crippen LogP contribution in [-0.4, -0.2) is 41.6 Å². The molecule has 0 aliphatic carbocycles. The van der Waals surface area contributed by atoms with Gasteiger partial charge in [-0.15, -0.1) is 0 Å². The molecule has 0 saturated carbocycles. The van der Waals surface area contributed by atoms with E-state index in [1.807, 2.05) is 30.3 Å². The molecule has 2 amide bonds. The zero-order valence-corrected chi connectivity index (χ0v) is 13.6. The molecule has 1 aliphatic rings. The fourth-order valence-electron chi connectivity index (χ4n) is 1.98. The topological polar surface area (TPSA) is 75.7 Å². The summed E-state index contributed by atoms with van der Waals surface area (Å²) in [5.41, 5.74) is 0.977. The number of nitrogens with zero attached hydrogens (tertiary/aromatic N) is 1. The van der Waals surface area contributed by atoms with E-state index in [2.05, 4.69) is 5.32 Å². The highest BCUT2D eigenvalue weighted by molar-refractivity contribution is 8.04. The lowest BCUT2D eigenvalue weighted by atomic mass is 10.2. The Morgan fingerprint density at radius 2 is 2.09 bits per heavy atom. The number of rotatable bonds is 6. The van der Waals surface area contributed by atoms with E-state index in [0.717, 1.165) is 5.56 Å². The van der Waals surface area contributed by atoms with E-state index in [1.54, 1.807) is 6.92 Å². The van der Waals surface area contributed by atoms with Crippen LogP contribution in [0.15, 0.2) is 41.4 Å². The normalized spacial score (nSPS) is 15.8. The van der Waals surface area contributed by atoms with Crippen molar-refractivity contribution in [1.29, 1.82) is 0 Å². The summed E-state index contributed by atoms with van der Waals surface area (Å²) in [6, 6.07) is 9.50. The Morgan fingerprint density at radius 1 is 1.35 bits per heavy atom. The summed E-state index contributed by atoms with van der Waals surface area (Å²) >= 11 is 1.23. The van der Waals surface area contributed by atoms with Gasteiger partial charge in [0.05, 0.1) is 23.5 Å². The van der Waals surface area contributed by atoms with Gasteiger partial charge < -0.3 is 10.1 Å². The molecule has 1 heterocycles. The lowest BCUT2D eigenvalue weighted by molar-refractivity contribution is -0.137. The third-order valence-electron chi connectivity index (χ3n) is 3.07. The summed E-state index contributed by atoms with van der Waals surface area (Å²) in [6.07, 6.45) is 1.25. The Labute approximate surface area is 138 Å². The lowest BCUT2D eigenvalue weighted by Crippen LogP contribution is -2.37. The Balaban J connectivity index is 1.92. The molecule has 1 saturated heterocycles. The van der Waals surface area contributed by atoms with Crippen LogP contribution in [0.25, 0.3) is 0 Å². The van der Waals surface area contributed by atoms with Crippen LogP contribution in [-0.2, 0) is 25.7 Å². The summed E-state index contributed by atoms with van der Waals surface area (Å²) in [5.74, 6) is -0.767. The van der Waals surface area contributed by atoms with Gasteiger partial charge in [-0.2, -0.15) is 0 Å². The van der Waals surface area contributed by atoms with E-state index in [9.17, 15) is 14.4 Å². The van der Waals surface area contributed by atoms with Crippen molar-refractivity contribution in [2.75, 3.05) is 18.9 Å². The molecule has 1 fully saturated rings. The molecule has 0 aromatic heterocycles. The number of benzene rings is 1. The number of nitrogens with one attached hydrogen (secondary N) is 1. The fraction of sp³-hybridized carbons (Fsp3) is 0.312. The number of ether oxygens (including phenoxy) is 1. The molecule has 0 atom stereocenters. The summed E-state index contributed by atoms with van der Waals surface area (Å²) in [4.78, 5) is 36.7. The highest BCUT2D eigenvalue weighted by atomic mass is 32.2. The van der Waals surface area contributed by atoms with Gasteiger partial charge in [0.1, 0.15) is 6.54 Å². The Kier molecular flexibility index (Phi) is 6.22. The van der Waals surface area contributed by atoms with Gasteiger partial charge in [-0.3, -0.25) is 14.5 Å². The number of amides is 2. The average Bonchev–Trinajstić information content (AvgIpc) is 2.87. The number of hydrogen-bond acceptors (Lipinski definition) is 5. The third-order valence-corrected chi connectivity index (χ3v) is 4.10. The zero-order valence-electron chi connectivity index (χ0n) is 12.8. The molecule has 2 rings (SSSR count). The van der Waals surface area contributed by atoms with Crippen LogP contribution in [0.3, 0.4) is 0 Å². The van der Waals surface area contributed by atoms with Crippen LogP contribution in [0.2, 0.25) is 0 Å². The summed E-state index contributed by atoms with van der Waals surface area (Å²) in [6.45, 7) is 2.26. The molecular weight excluding hydrogens is 316 g/mol. The molecule has 0 unspecified atom stereocenters. The van der Waals surface area contributed by atoms with Crippen molar-refractivity contribution < 1.29 is 19.1 Å². The largest absolute Gasteiger partial charge is 0.463 e. The van der Waals surface area contributed by atoms with Crippen molar-refractivity contribution >= 4 is 29.5 Å². The minimum absolute atomic E-state index is 0.107. The molecule has 23 heavy (non-hydrogen) atoms. The lowest BCUT2D eigenvalue weighted by Gasteiger charge is -2.16. The van der Waals surface area contributed by atoms with Gasteiger partial charge in [0.15, 0.2) is 0 Å². The van der Waals surface area contributed by atoms with Crippen LogP contribution in [0.4, 0.5) is 0 Å². The predicted molar refractivity (Wildman–Crippen MR) is 87.2 cm³/mol. The van der Waals surface area contributed by atoms with Gasteiger partial charge in [0.25, 0.3) is 0 Å². The summed E-state index contributed by atoms with van der Waals surface area (Å²) in [5, 5.41) is 3.21. The first kappa shape index (κ1) is 17.1. The van der Waals surface area contributed by atoms with Crippen molar-refractivity contribution in [3.8, 4) is 0 Å². The molecule has 0 radical (unpaired) electrons. The van der Waals surface area contributed by atoms with Crippen LogP contribution in [0.5, 0.6) is 0 Å². The zero-order chi connectivity index (χ0) is 16.7. The molecule has 0 spiro atoms. The van der Waals surface area contributed by atoms with E-state index >= 15 is 0 Å². The maximum atomic E-state index is 12.0. The summed E-state index contributed by atoms with van der Waals surface area (Å²) < 4.78 is 4.83. The molecule has 0 bridgehead atoms. The molecule has 7 heteroatoms. The minimum atomic E-state index is -0.514. The van der Waals surface area contributed by atoms with Gasteiger partial charge in [-0.1, -0.05) is 42.1 Å². The third kappa shape index (κ3) is 5.14. The number of hydrogen-bond donors (Lipinski definition) is 1. The second-order valence-electron chi connectivity index (χ2n) is 4.77. The molecule has 1 aromatic rings. The van der Waals surface area contributed by atoms with Crippen LogP contribution in [0, 0.1) is 0 Å². The smallest absolute Gasteiger partial charge is 0.333 e. The van der Waals surface area contributed by atoms with Crippen molar-refractivity contribution in [1.82, 2.24) is 10.2 Å². The van der Waals surface area contributed by atoms with Gasteiger partial charge in [-0.25, -0.2) is 4.79 Å². The molecule has 1 aliphatic heterocycles. The van der Waals surface area contributed by atoms with Crippen molar-refractivity contribution in [2.24, 2.45) is 0 Å². The molecule has 122 valence electrons. The monoisotopic (exact) mass is 334 g/mol. The molecule has 1 aromatic carbocycles. The van der Waals surface area contributed by atoms with E-state index in [0.29, 0.717) is 11.6 Å². The Bertz CT molecular complexity index is 616. The van der Waals surface area contributed by atoms with E-state index in [1.165, 1.54) is 22.7 Å². The Morgan fingerprint density at radius 3 is 2.78 bits per heavy atom. The van der Waals surface area contributed by atoms with Gasteiger partial charge in [0, 0.05) is 6.54 Å². The summed E-state index contributed by atoms with van der Waals surface area (Å²) in [7, 11) is 0. The SMILES string of the molecule is CCOC(=O)C=C1SCC(=O)N1CC(=O)NCc1ccccc1. The molecule has 1 N–H and O–H groups in total. The van der Waals surface area contributed by atoms with Crippen LogP contribution in [0.1, 0.15) is 12.5 Å². The maximum Gasteiger partial charge on any atom is 0.333 e. The Hall–Kier alpha value is -2.28. The van der Waals surface area contributed by atoms with E-state index in [4.69, 9.17) is 4.74 Å². The number of carbonyl (C=O) groups is 3. The highest BCUT2D eigenvalue weighted by Gasteiger charge is 2.29. The standard InChI is InChI=1S/C16H18N2O4S/c1-2-22-16(21)8-15-18(14(20)11-23-15)10-13(19)17-9-12-6-4-3-5-7-12/h3-8H,2,9-11H2,1H3,(H,17,19). The van der Waals surface area contributed by atoms with Crippen molar-refractivity contribution in [2.45, 2.75) is 13.5 Å². The second-order valence-corrected chi connectivity index (χ2v) is 5.76. The number of thioether (sulfide) groups is 1. The quantitative estimate of drug-likeness (QED) is 0.626. The van der Waals surface area contributed by atoms with Gasteiger partial charge in [0.2, 0.25) is 11.8 Å². The first-order chi connectivity index (χ1) is 11.1. The maximum absolute atomic E-state index is 12.0. The predicted octanol–water partition coefficient (Wildman–Crippen LogP) is 1.28.